The van der Waals surface area contributed by atoms with Crippen LogP contribution in [-0.2, 0) is 4.79 Å². The number of amides is 1. The molecule has 0 aromatic rings. The molecule has 2 aliphatic heterocycles. The van der Waals surface area contributed by atoms with E-state index in [1.807, 2.05) is 0 Å². The Morgan fingerprint density at radius 1 is 1.26 bits per heavy atom. The molecule has 0 saturated carbocycles. The predicted octanol–water partition coefficient (Wildman–Crippen LogP) is 1.17. The number of likely N-dealkylation sites (tertiary alicyclic amines) is 1. The molecule has 0 radical (unpaired) electrons. The summed E-state index contributed by atoms with van der Waals surface area (Å²) < 4.78 is 0. The maximum absolute atomic E-state index is 12.5. The van der Waals surface area contributed by atoms with Gasteiger partial charge in [0.05, 0.1) is 6.54 Å². The third-order valence-corrected chi connectivity index (χ3v) is 4.35. The van der Waals surface area contributed by atoms with Crippen LogP contribution in [0.1, 0.15) is 33.6 Å². The van der Waals surface area contributed by atoms with Crippen LogP contribution in [0.25, 0.3) is 0 Å². The van der Waals surface area contributed by atoms with E-state index in [-0.39, 0.29) is 0 Å². The van der Waals surface area contributed by atoms with Crippen LogP contribution < -0.4 is 5.32 Å². The van der Waals surface area contributed by atoms with Gasteiger partial charge in [-0.2, -0.15) is 0 Å². The molecule has 19 heavy (non-hydrogen) atoms. The van der Waals surface area contributed by atoms with Gasteiger partial charge in [0.2, 0.25) is 5.91 Å². The van der Waals surface area contributed by atoms with Gasteiger partial charge in [-0.05, 0) is 31.2 Å². The average Bonchev–Trinajstić information content (AvgIpc) is 2.25. The lowest BCUT2D eigenvalue weighted by Crippen LogP contribution is -2.59. The molecule has 0 bridgehead atoms. The summed E-state index contributed by atoms with van der Waals surface area (Å²) in [7, 11) is 0. The number of carbonyl (C=O) groups is 1. The molecule has 2 unspecified atom stereocenters. The van der Waals surface area contributed by atoms with Crippen molar-refractivity contribution in [3.8, 4) is 0 Å². The molecule has 2 heterocycles. The molecule has 2 fully saturated rings. The van der Waals surface area contributed by atoms with Crippen molar-refractivity contribution in [2.75, 3.05) is 39.3 Å². The predicted molar refractivity (Wildman–Crippen MR) is 78.0 cm³/mol. The summed E-state index contributed by atoms with van der Waals surface area (Å²) in [6.45, 7) is 12.3. The SMILES string of the molecule is CCCN(CC(=O)N1CC(C)CC(C)C1)C1CNC1. The van der Waals surface area contributed by atoms with Crippen LogP contribution in [0.2, 0.25) is 0 Å². The molecule has 1 amide bonds. The summed E-state index contributed by atoms with van der Waals surface area (Å²) in [4.78, 5) is 16.9. The quantitative estimate of drug-likeness (QED) is 0.812. The van der Waals surface area contributed by atoms with Crippen molar-refractivity contribution in [3.63, 3.8) is 0 Å². The third-order valence-electron chi connectivity index (χ3n) is 4.35. The van der Waals surface area contributed by atoms with Crippen molar-refractivity contribution in [1.29, 1.82) is 0 Å². The highest BCUT2D eigenvalue weighted by Gasteiger charge is 2.29. The van der Waals surface area contributed by atoms with Crippen LogP contribution in [0.3, 0.4) is 0 Å². The molecule has 0 spiro atoms. The van der Waals surface area contributed by atoms with Crippen molar-refractivity contribution in [2.24, 2.45) is 11.8 Å². The first-order valence-corrected chi connectivity index (χ1v) is 7.82. The molecule has 2 saturated heterocycles. The second-order valence-corrected chi connectivity index (χ2v) is 6.53. The van der Waals surface area contributed by atoms with Crippen LogP contribution in [-0.4, -0.2) is 61.0 Å². The minimum Gasteiger partial charge on any atom is -0.341 e. The smallest absolute Gasteiger partial charge is 0.236 e. The molecule has 1 N–H and O–H groups in total. The lowest BCUT2D eigenvalue weighted by atomic mass is 9.92. The summed E-state index contributed by atoms with van der Waals surface area (Å²) in [5.41, 5.74) is 0. The lowest BCUT2D eigenvalue weighted by molar-refractivity contribution is -0.136. The van der Waals surface area contributed by atoms with Crippen molar-refractivity contribution in [3.05, 3.63) is 0 Å². The van der Waals surface area contributed by atoms with Crippen LogP contribution >= 0.6 is 0 Å². The molecule has 4 nitrogen and oxygen atoms in total. The van der Waals surface area contributed by atoms with Crippen LogP contribution in [0, 0.1) is 11.8 Å². The van der Waals surface area contributed by atoms with Gasteiger partial charge in [-0.15, -0.1) is 0 Å². The number of hydrogen-bond acceptors (Lipinski definition) is 3. The van der Waals surface area contributed by atoms with Gasteiger partial charge >= 0.3 is 0 Å². The number of nitrogens with one attached hydrogen (secondary N) is 1. The first-order chi connectivity index (χ1) is 9.10. The molecular formula is C15H29N3O. The highest BCUT2D eigenvalue weighted by atomic mass is 16.2. The van der Waals surface area contributed by atoms with Crippen molar-refractivity contribution < 1.29 is 4.79 Å². The first-order valence-electron chi connectivity index (χ1n) is 7.82. The summed E-state index contributed by atoms with van der Waals surface area (Å²) >= 11 is 0. The van der Waals surface area contributed by atoms with E-state index < -0.39 is 0 Å². The van der Waals surface area contributed by atoms with E-state index in [9.17, 15) is 4.79 Å². The zero-order valence-electron chi connectivity index (χ0n) is 12.7. The summed E-state index contributed by atoms with van der Waals surface area (Å²) in [6, 6.07) is 0.573. The monoisotopic (exact) mass is 267 g/mol. The molecule has 110 valence electrons. The second-order valence-electron chi connectivity index (χ2n) is 6.53. The van der Waals surface area contributed by atoms with Gasteiger partial charge in [0.15, 0.2) is 0 Å². The minimum atomic E-state index is 0.332. The summed E-state index contributed by atoms with van der Waals surface area (Å²) in [5.74, 6) is 1.63. The van der Waals surface area contributed by atoms with Crippen LogP contribution in [0.15, 0.2) is 0 Å². The summed E-state index contributed by atoms with van der Waals surface area (Å²) in [5, 5.41) is 3.30. The fraction of sp³-hybridized carbons (Fsp3) is 0.933. The fourth-order valence-electron chi connectivity index (χ4n) is 3.35. The zero-order chi connectivity index (χ0) is 13.8. The fourth-order valence-corrected chi connectivity index (χ4v) is 3.35. The minimum absolute atomic E-state index is 0.332. The number of rotatable bonds is 5. The molecule has 2 rings (SSSR count). The molecule has 0 aromatic carbocycles. The van der Waals surface area contributed by atoms with Gasteiger partial charge in [0, 0.05) is 32.2 Å². The third kappa shape index (κ3) is 3.93. The number of piperidine rings is 1. The Morgan fingerprint density at radius 3 is 2.37 bits per heavy atom. The number of nitrogens with zero attached hydrogens (tertiary/aromatic N) is 2. The Balaban J connectivity index is 1.87. The van der Waals surface area contributed by atoms with E-state index >= 15 is 0 Å². The van der Waals surface area contributed by atoms with Crippen molar-refractivity contribution >= 4 is 5.91 Å². The number of carbonyl (C=O) groups excluding carboxylic acids is 1. The lowest BCUT2D eigenvalue weighted by Gasteiger charge is -2.40. The van der Waals surface area contributed by atoms with Gasteiger partial charge in [-0.1, -0.05) is 20.8 Å². The van der Waals surface area contributed by atoms with Gasteiger partial charge < -0.3 is 10.2 Å². The Bertz CT molecular complexity index is 294. The largest absolute Gasteiger partial charge is 0.341 e. The van der Waals surface area contributed by atoms with Gasteiger partial charge in [-0.25, -0.2) is 0 Å². The highest BCUT2D eigenvalue weighted by molar-refractivity contribution is 5.78. The van der Waals surface area contributed by atoms with E-state index in [2.05, 4.69) is 35.9 Å². The highest BCUT2D eigenvalue weighted by Crippen LogP contribution is 2.21. The van der Waals surface area contributed by atoms with E-state index in [1.54, 1.807) is 0 Å². The molecule has 2 aliphatic rings. The van der Waals surface area contributed by atoms with Crippen LogP contribution in [0.4, 0.5) is 0 Å². The Labute approximate surface area is 117 Å². The topological polar surface area (TPSA) is 35.6 Å². The summed E-state index contributed by atoms with van der Waals surface area (Å²) in [6.07, 6.45) is 2.38. The maximum Gasteiger partial charge on any atom is 0.236 e. The number of hydrogen-bond donors (Lipinski definition) is 1. The van der Waals surface area contributed by atoms with Crippen molar-refractivity contribution in [2.45, 2.75) is 39.7 Å². The molecule has 2 atom stereocenters. The van der Waals surface area contributed by atoms with E-state index in [4.69, 9.17) is 0 Å². The van der Waals surface area contributed by atoms with E-state index in [1.165, 1.54) is 6.42 Å². The van der Waals surface area contributed by atoms with Crippen LogP contribution in [0.5, 0.6) is 0 Å². The second kappa shape index (κ2) is 6.71. The normalized spacial score (nSPS) is 28.5. The molecule has 0 aromatic heterocycles. The zero-order valence-corrected chi connectivity index (χ0v) is 12.7. The molecular weight excluding hydrogens is 238 g/mol. The Hall–Kier alpha value is -0.610. The average molecular weight is 267 g/mol. The van der Waals surface area contributed by atoms with Gasteiger partial charge in [0.25, 0.3) is 0 Å². The van der Waals surface area contributed by atoms with Crippen molar-refractivity contribution in [1.82, 2.24) is 15.1 Å². The van der Waals surface area contributed by atoms with Gasteiger partial charge in [-0.3, -0.25) is 9.69 Å². The Morgan fingerprint density at radius 2 is 1.89 bits per heavy atom. The van der Waals surface area contributed by atoms with E-state index in [0.717, 1.165) is 39.1 Å². The standard InChI is InChI=1S/C15H29N3O/c1-4-5-17(14-7-16-8-14)11-15(19)18-9-12(2)6-13(3)10-18/h12-14,16H,4-11H2,1-3H3. The first kappa shape index (κ1) is 14.8. The molecule has 4 heteroatoms. The molecule has 0 aliphatic carbocycles. The Kier molecular flexibility index (Phi) is 5.22. The maximum atomic E-state index is 12.5. The van der Waals surface area contributed by atoms with Gasteiger partial charge in [0.1, 0.15) is 0 Å². The van der Waals surface area contributed by atoms with E-state index in [0.29, 0.717) is 30.3 Å².